The van der Waals surface area contributed by atoms with Crippen molar-refractivity contribution in [1.29, 1.82) is 0 Å². The second-order valence-corrected chi connectivity index (χ2v) is 4.00. The largest absolute Gasteiger partial charge is 0.479 e. The number of hydrogen-bond acceptors (Lipinski definition) is 2. The first-order valence-electron chi connectivity index (χ1n) is 5.19. The van der Waals surface area contributed by atoms with Crippen molar-refractivity contribution in [1.82, 2.24) is 4.98 Å². The van der Waals surface area contributed by atoms with Gasteiger partial charge in [-0.05, 0) is 11.6 Å². The molecule has 82 valence electrons. The van der Waals surface area contributed by atoms with Crippen molar-refractivity contribution in [3.05, 3.63) is 36.0 Å². The number of carboxylic acids is 1. The van der Waals surface area contributed by atoms with Gasteiger partial charge in [-0.3, -0.25) is 0 Å². The van der Waals surface area contributed by atoms with Crippen LogP contribution in [0.2, 0.25) is 0 Å². The van der Waals surface area contributed by atoms with Crippen LogP contribution in [0.4, 0.5) is 0 Å². The molecule has 2 heterocycles. The average molecular weight is 217 g/mol. The second-order valence-electron chi connectivity index (χ2n) is 4.00. The Morgan fingerprint density at radius 3 is 3.00 bits per heavy atom. The maximum atomic E-state index is 10.6. The molecular weight excluding hydrogens is 206 g/mol. The van der Waals surface area contributed by atoms with E-state index in [0.29, 0.717) is 6.42 Å². The Morgan fingerprint density at radius 2 is 2.25 bits per heavy atom. The number of aromatic nitrogens is 1. The lowest BCUT2D eigenvalue weighted by Gasteiger charge is -1.94. The Kier molecular flexibility index (Phi) is 1.97. The van der Waals surface area contributed by atoms with Crippen molar-refractivity contribution in [2.24, 2.45) is 0 Å². The number of fused-ring (bicyclic) bond motifs is 1. The van der Waals surface area contributed by atoms with Crippen LogP contribution in [0.5, 0.6) is 0 Å². The first kappa shape index (κ1) is 9.42. The summed E-state index contributed by atoms with van der Waals surface area (Å²) >= 11 is 0. The van der Waals surface area contributed by atoms with Gasteiger partial charge in [-0.2, -0.15) is 0 Å². The molecule has 0 saturated carbocycles. The molecule has 1 fully saturated rings. The highest BCUT2D eigenvalue weighted by atomic mass is 16.6. The fraction of sp³-hybridized carbons (Fsp3) is 0.250. The highest BCUT2D eigenvalue weighted by molar-refractivity contribution is 5.83. The zero-order valence-electron chi connectivity index (χ0n) is 8.51. The Labute approximate surface area is 91.8 Å². The first-order valence-corrected chi connectivity index (χ1v) is 5.19. The number of nitrogens with one attached hydrogen (secondary N) is 1. The molecule has 0 spiro atoms. The van der Waals surface area contributed by atoms with Crippen molar-refractivity contribution < 1.29 is 14.6 Å². The minimum Gasteiger partial charge on any atom is -0.479 e. The van der Waals surface area contributed by atoms with E-state index in [1.54, 1.807) is 0 Å². The molecular formula is C12H11NO3. The van der Waals surface area contributed by atoms with E-state index in [1.165, 1.54) is 0 Å². The zero-order chi connectivity index (χ0) is 11.1. The monoisotopic (exact) mass is 217 g/mol. The third-order valence-corrected chi connectivity index (χ3v) is 2.92. The van der Waals surface area contributed by atoms with Gasteiger partial charge < -0.3 is 14.8 Å². The normalized spacial score (nSPS) is 23.5. The van der Waals surface area contributed by atoms with E-state index < -0.39 is 12.1 Å². The Bertz CT molecular complexity index is 546. The van der Waals surface area contributed by atoms with Crippen LogP contribution in [-0.2, 0) is 16.0 Å². The molecule has 1 saturated heterocycles. The Morgan fingerprint density at radius 1 is 1.44 bits per heavy atom. The number of H-pyrrole nitrogens is 1. The smallest absolute Gasteiger partial charge is 0.335 e. The molecule has 1 aromatic heterocycles. The van der Waals surface area contributed by atoms with Crippen LogP contribution < -0.4 is 0 Å². The number of carboxylic acid groups (broad SMARTS) is 1. The topological polar surface area (TPSA) is 65.6 Å². The molecule has 2 N–H and O–H groups in total. The second kappa shape index (κ2) is 3.35. The van der Waals surface area contributed by atoms with Gasteiger partial charge >= 0.3 is 5.97 Å². The summed E-state index contributed by atoms with van der Waals surface area (Å²) < 4.78 is 5.09. The fourth-order valence-electron chi connectivity index (χ4n) is 2.03. The number of aliphatic carboxylic acids is 1. The van der Waals surface area contributed by atoms with E-state index in [-0.39, 0.29) is 6.10 Å². The summed E-state index contributed by atoms with van der Waals surface area (Å²) in [6, 6.07) is 7.97. The molecule has 0 aliphatic carbocycles. The molecule has 2 atom stereocenters. The van der Waals surface area contributed by atoms with E-state index in [4.69, 9.17) is 9.84 Å². The lowest BCUT2D eigenvalue weighted by Crippen LogP contribution is -2.09. The van der Waals surface area contributed by atoms with Crippen molar-refractivity contribution in [3.8, 4) is 0 Å². The molecule has 0 radical (unpaired) electrons. The summed E-state index contributed by atoms with van der Waals surface area (Å²) in [6.07, 6.45) is 1.79. The SMILES string of the molecule is O=C(O)C1OC1Cc1c[nH]c2ccccc12. The number of hydrogen-bond donors (Lipinski definition) is 2. The number of ether oxygens (including phenoxy) is 1. The van der Waals surface area contributed by atoms with Crippen molar-refractivity contribution in [2.45, 2.75) is 18.6 Å². The van der Waals surface area contributed by atoms with E-state index in [2.05, 4.69) is 4.98 Å². The molecule has 0 amide bonds. The van der Waals surface area contributed by atoms with Crippen LogP contribution in [0.25, 0.3) is 10.9 Å². The van der Waals surface area contributed by atoms with Gasteiger partial charge in [0, 0.05) is 23.5 Å². The minimum atomic E-state index is -0.871. The number of carbonyl (C=O) groups is 1. The van der Waals surface area contributed by atoms with Gasteiger partial charge in [0.15, 0.2) is 6.10 Å². The van der Waals surface area contributed by atoms with Gasteiger partial charge in [-0.1, -0.05) is 18.2 Å². The third-order valence-electron chi connectivity index (χ3n) is 2.92. The third kappa shape index (κ3) is 1.47. The molecule has 4 nitrogen and oxygen atoms in total. The van der Waals surface area contributed by atoms with Crippen molar-refractivity contribution in [3.63, 3.8) is 0 Å². The van der Waals surface area contributed by atoms with Gasteiger partial charge in [0.2, 0.25) is 0 Å². The lowest BCUT2D eigenvalue weighted by molar-refractivity contribution is -0.138. The predicted octanol–water partition coefficient (Wildman–Crippen LogP) is 1.56. The first-order chi connectivity index (χ1) is 7.75. The molecule has 1 aliphatic rings. The van der Waals surface area contributed by atoms with E-state index in [0.717, 1.165) is 16.5 Å². The summed E-state index contributed by atoms with van der Waals surface area (Å²) in [4.78, 5) is 13.8. The molecule has 0 bridgehead atoms. The summed E-state index contributed by atoms with van der Waals surface area (Å²) in [6.45, 7) is 0. The van der Waals surface area contributed by atoms with E-state index in [1.807, 2.05) is 30.5 Å². The van der Waals surface area contributed by atoms with Crippen LogP contribution in [0.3, 0.4) is 0 Å². The molecule has 3 rings (SSSR count). The van der Waals surface area contributed by atoms with Crippen LogP contribution in [-0.4, -0.2) is 28.3 Å². The summed E-state index contributed by atoms with van der Waals surface area (Å²) in [5, 5.41) is 9.87. The van der Waals surface area contributed by atoms with E-state index >= 15 is 0 Å². The zero-order valence-corrected chi connectivity index (χ0v) is 8.51. The van der Waals surface area contributed by atoms with Gasteiger partial charge in [0.05, 0.1) is 6.10 Å². The average Bonchev–Trinajstić information content (AvgIpc) is 2.93. The predicted molar refractivity (Wildman–Crippen MR) is 58.3 cm³/mol. The molecule has 2 unspecified atom stereocenters. The molecule has 2 aromatic rings. The van der Waals surface area contributed by atoms with Crippen LogP contribution in [0.1, 0.15) is 5.56 Å². The number of para-hydroxylation sites is 1. The molecule has 4 heteroatoms. The van der Waals surface area contributed by atoms with Crippen LogP contribution in [0.15, 0.2) is 30.5 Å². The van der Waals surface area contributed by atoms with Crippen molar-refractivity contribution >= 4 is 16.9 Å². The highest BCUT2D eigenvalue weighted by Crippen LogP contribution is 2.29. The minimum absolute atomic E-state index is 0.170. The summed E-state index contributed by atoms with van der Waals surface area (Å²) in [7, 11) is 0. The Hall–Kier alpha value is -1.81. The van der Waals surface area contributed by atoms with Gasteiger partial charge in [0.25, 0.3) is 0 Å². The summed E-state index contributed by atoms with van der Waals surface area (Å²) in [5.41, 5.74) is 2.19. The van der Waals surface area contributed by atoms with Gasteiger partial charge in [-0.25, -0.2) is 4.79 Å². The van der Waals surface area contributed by atoms with Crippen molar-refractivity contribution in [2.75, 3.05) is 0 Å². The van der Waals surface area contributed by atoms with Gasteiger partial charge in [-0.15, -0.1) is 0 Å². The fourth-order valence-corrected chi connectivity index (χ4v) is 2.03. The Balaban J connectivity index is 1.83. The number of aromatic amines is 1. The maximum absolute atomic E-state index is 10.6. The lowest BCUT2D eigenvalue weighted by atomic mass is 10.1. The number of benzene rings is 1. The maximum Gasteiger partial charge on any atom is 0.335 e. The van der Waals surface area contributed by atoms with Gasteiger partial charge in [0.1, 0.15) is 0 Å². The van der Waals surface area contributed by atoms with Crippen LogP contribution in [0, 0.1) is 0 Å². The number of rotatable bonds is 3. The number of epoxide rings is 1. The quantitative estimate of drug-likeness (QED) is 0.767. The van der Waals surface area contributed by atoms with Crippen LogP contribution >= 0.6 is 0 Å². The highest BCUT2D eigenvalue weighted by Gasteiger charge is 2.45. The molecule has 16 heavy (non-hydrogen) atoms. The standard InChI is InChI=1S/C12H11NO3/c14-12(15)11-10(16-11)5-7-6-13-9-4-2-1-3-8(7)9/h1-4,6,10-11,13H,5H2,(H,14,15). The molecule has 1 aromatic carbocycles. The van der Waals surface area contributed by atoms with E-state index in [9.17, 15) is 4.79 Å². The molecule has 1 aliphatic heterocycles. The summed E-state index contributed by atoms with van der Waals surface area (Å²) in [5.74, 6) is -0.871.